The van der Waals surface area contributed by atoms with Crippen LogP contribution in [0.15, 0.2) is 72.9 Å². The van der Waals surface area contributed by atoms with Gasteiger partial charge in [-0.2, -0.15) is 0 Å². The van der Waals surface area contributed by atoms with Gasteiger partial charge in [0.05, 0.1) is 23.5 Å². The Morgan fingerprint density at radius 2 is 1.45 bits per heavy atom. The lowest BCUT2D eigenvalue weighted by atomic mass is 9.90. The number of hydrogen-bond acceptors (Lipinski definition) is 7. The van der Waals surface area contributed by atoms with Crippen LogP contribution >= 0.6 is 0 Å². The number of carbonyl (C=O) groups excluding carboxylic acids is 2. The maximum atomic E-state index is 13.3. The zero-order valence-corrected chi connectivity index (χ0v) is 19.3. The molecule has 0 spiro atoms. The lowest BCUT2D eigenvalue weighted by molar-refractivity contribution is -0.274. The summed E-state index contributed by atoms with van der Waals surface area (Å²) >= 11 is 0. The highest BCUT2D eigenvalue weighted by molar-refractivity contribution is 6.27. The fourth-order valence-corrected chi connectivity index (χ4v) is 5.27. The maximum Gasteiger partial charge on any atom is 0.573 e. The fourth-order valence-electron chi connectivity index (χ4n) is 5.27. The normalized spacial score (nSPS) is 19.0. The first kappa shape index (κ1) is 23.7. The van der Waals surface area contributed by atoms with Crippen LogP contribution in [0.5, 0.6) is 17.5 Å². The van der Waals surface area contributed by atoms with E-state index in [0.717, 1.165) is 16.7 Å². The van der Waals surface area contributed by atoms with Crippen LogP contribution in [-0.2, 0) is 0 Å². The number of fused-ring (bicyclic) bond motifs is 2. The van der Waals surface area contributed by atoms with Gasteiger partial charge < -0.3 is 14.9 Å². The minimum absolute atomic E-state index is 0.133. The van der Waals surface area contributed by atoms with E-state index >= 15 is 0 Å². The Morgan fingerprint density at radius 1 is 0.842 bits per heavy atom. The van der Waals surface area contributed by atoms with Crippen LogP contribution in [-0.4, -0.2) is 37.7 Å². The molecule has 8 nitrogen and oxygen atoms in total. The number of rotatable bonds is 4. The number of hydrogen-bond donors (Lipinski definition) is 3. The van der Waals surface area contributed by atoms with E-state index in [1.54, 1.807) is 48.7 Å². The first-order valence-electron chi connectivity index (χ1n) is 11.5. The van der Waals surface area contributed by atoms with Crippen LogP contribution in [0.1, 0.15) is 49.6 Å². The van der Waals surface area contributed by atoms with Gasteiger partial charge in [-0.05, 0) is 36.4 Å². The summed E-state index contributed by atoms with van der Waals surface area (Å²) in [5.74, 6) is -3.40. The molecule has 2 aromatic carbocycles. The molecule has 0 radical (unpaired) electrons. The molecule has 38 heavy (non-hydrogen) atoms. The lowest BCUT2D eigenvalue weighted by Crippen LogP contribution is -2.32. The van der Waals surface area contributed by atoms with E-state index in [4.69, 9.17) is 0 Å². The van der Waals surface area contributed by atoms with Gasteiger partial charge in [-0.3, -0.25) is 24.5 Å². The Morgan fingerprint density at radius 3 is 2.03 bits per heavy atom. The standard InChI is InChI=1S/C27H18F3N3O5/c28-27(29,30)38-14-10-8-13(9-11-14)33-25(36)18-19(26(33)37)22(32-21(18)17-7-3-4-12-31-17)20-23(34)15-5-1-2-6-16(15)24(20)35/h1-12,20-22,32,36-37H. The first-order valence-corrected chi connectivity index (χ1v) is 11.5. The first-order chi connectivity index (χ1) is 18.2. The quantitative estimate of drug-likeness (QED) is 0.336. The second kappa shape index (κ2) is 8.45. The predicted molar refractivity (Wildman–Crippen MR) is 126 cm³/mol. The van der Waals surface area contributed by atoms with Gasteiger partial charge in [-0.1, -0.05) is 30.3 Å². The number of carbonyl (C=O) groups is 2. The van der Waals surface area contributed by atoms with Crippen LogP contribution < -0.4 is 10.1 Å². The number of aromatic nitrogens is 2. The summed E-state index contributed by atoms with van der Waals surface area (Å²) in [6, 6.07) is 14.3. The van der Waals surface area contributed by atoms with E-state index < -0.39 is 53.4 Å². The third kappa shape index (κ3) is 3.62. The summed E-state index contributed by atoms with van der Waals surface area (Å²) in [6.45, 7) is 0. The molecule has 11 heteroatoms. The number of ketones is 2. The second-order valence-corrected chi connectivity index (χ2v) is 8.94. The van der Waals surface area contributed by atoms with Gasteiger partial charge in [0.25, 0.3) is 0 Å². The van der Waals surface area contributed by atoms with Crippen molar-refractivity contribution in [3.05, 3.63) is 101 Å². The van der Waals surface area contributed by atoms with Gasteiger partial charge in [0.15, 0.2) is 11.6 Å². The average Bonchev–Trinajstić information content (AvgIpc) is 3.49. The molecule has 0 fully saturated rings. The molecule has 192 valence electrons. The molecule has 2 unspecified atom stereocenters. The van der Waals surface area contributed by atoms with Crippen LogP contribution in [0, 0.1) is 5.92 Å². The lowest BCUT2D eigenvalue weighted by Gasteiger charge is -2.21. The SMILES string of the molecule is O=C1c2ccccc2C(=O)C1C1NC(c2ccccn2)c2c1c(O)n(-c1ccc(OC(F)(F)F)cc1)c2O. The molecule has 6 rings (SSSR count). The zero-order valence-electron chi connectivity index (χ0n) is 19.3. The van der Waals surface area contributed by atoms with Gasteiger partial charge in [0.2, 0.25) is 11.8 Å². The molecule has 0 amide bonds. The molecule has 1 aliphatic heterocycles. The zero-order chi connectivity index (χ0) is 26.8. The summed E-state index contributed by atoms with van der Waals surface area (Å²) in [5, 5.41) is 25.8. The van der Waals surface area contributed by atoms with Crippen LogP contribution in [0.25, 0.3) is 5.69 Å². The molecule has 2 atom stereocenters. The number of Topliss-reactive ketones (excluding diaryl/α,β-unsaturated/α-hetero) is 2. The van der Waals surface area contributed by atoms with E-state index in [-0.39, 0.29) is 27.9 Å². The summed E-state index contributed by atoms with van der Waals surface area (Å²) in [4.78, 5) is 31.0. The third-order valence-corrected chi connectivity index (χ3v) is 6.81. The van der Waals surface area contributed by atoms with Crippen molar-refractivity contribution >= 4 is 11.6 Å². The monoisotopic (exact) mass is 521 g/mol. The highest BCUT2D eigenvalue weighted by atomic mass is 19.4. The minimum atomic E-state index is -4.88. The Kier molecular flexibility index (Phi) is 5.28. The molecule has 3 N–H and O–H groups in total. The smallest absolute Gasteiger partial charge is 0.494 e. The largest absolute Gasteiger partial charge is 0.573 e. The molecule has 0 saturated heterocycles. The Balaban J connectivity index is 1.48. The van der Waals surface area contributed by atoms with E-state index in [9.17, 15) is 33.0 Å². The van der Waals surface area contributed by atoms with Crippen molar-refractivity contribution in [1.82, 2.24) is 14.9 Å². The molecule has 4 aromatic rings. The van der Waals surface area contributed by atoms with E-state index in [1.807, 2.05) is 0 Å². The van der Waals surface area contributed by atoms with Gasteiger partial charge in [-0.25, -0.2) is 0 Å². The number of benzene rings is 2. The van der Waals surface area contributed by atoms with Crippen LogP contribution in [0.3, 0.4) is 0 Å². The van der Waals surface area contributed by atoms with Gasteiger partial charge in [0, 0.05) is 28.5 Å². The van der Waals surface area contributed by atoms with E-state index in [2.05, 4.69) is 15.0 Å². The summed E-state index contributed by atoms with van der Waals surface area (Å²) in [6.07, 6.45) is -3.34. The molecule has 0 saturated carbocycles. The molecular formula is C27H18F3N3O5. The molecule has 0 bridgehead atoms. The van der Waals surface area contributed by atoms with Crippen molar-refractivity contribution < 1.29 is 37.7 Å². The topological polar surface area (TPSA) is 114 Å². The number of aromatic hydroxyl groups is 2. The fraction of sp³-hybridized carbons (Fsp3) is 0.148. The maximum absolute atomic E-state index is 13.3. The second-order valence-electron chi connectivity index (χ2n) is 8.94. The van der Waals surface area contributed by atoms with E-state index in [0.29, 0.717) is 5.69 Å². The van der Waals surface area contributed by atoms with Crippen molar-refractivity contribution in [3.63, 3.8) is 0 Å². The van der Waals surface area contributed by atoms with Crippen molar-refractivity contribution in [2.45, 2.75) is 18.4 Å². The van der Waals surface area contributed by atoms with Gasteiger partial charge >= 0.3 is 6.36 Å². The van der Waals surface area contributed by atoms with Gasteiger partial charge in [0.1, 0.15) is 11.7 Å². The molecule has 1 aliphatic carbocycles. The average molecular weight is 521 g/mol. The molecule has 2 aromatic heterocycles. The number of ether oxygens (including phenoxy) is 1. The van der Waals surface area contributed by atoms with E-state index in [1.165, 1.54) is 12.1 Å². The number of nitrogens with zero attached hydrogens (tertiary/aromatic N) is 2. The van der Waals surface area contributed by atoms with Crippen LogP contribution in [0.2, 0.25) is 0 Å². The number of alkyl halides is 3. The summed E-state index contributed by atoms with van der Waals surface area (Å²) in [5.41, 5.74) is 1.49. The van der Waals surface area contributed by atoms with Gasteiger partial charge in [-0.15, -0.1) is 13.2 Å². The predicted octanol–water partition coefficient (Wildman–Crippen LogP) is 4.61. The Bertz CT molecular complexity index is 1550. The number of pyridine rings is 1. The van der Waals surface area contributed by atoms with Crippen molar-refractivity contribution in [1.29, 1.82) is 0 Å². The van der Waals surface area contributed by atoms with Crippen molar-refractivity contribution in [3.8, 4) is 23.2 Å². The van der Waals surface area contributed by atoms with Crippen LogP contribution in [0.4, 0.5) is 13.2 Å². The van der Waals surface area contributed by atoms with Crippen molar-refractivity contribution in [2.75, 3.05) is 0 Å². The third-order valence-electron chi connectivity index (χ3n) is 6.81. The summed E-state index contributed by atoms with van der Waals surface area (Å²) < 4.78 is 42.7. The Labute approximate surface area is 212 Å². The van der Waals surface area contributed by atoms with Crippen molar-refractivity contribution in [2.24, 2.45) is 5.92 Å². The highest BCUT2D eigenvalue weighted by Gasteiger charge is 2.51. The molecule has 2 aliphatic rings. The highest BCUT2D eigenvalue weighted by Crippen LogP contribution is 2.53. The summed E-state index contributed by atoms with van der Waals surface area (Å²) in [7, 11) is 0. The number of halogens is 3. The Hall–Kier alpha value is -4.64. The molecular weight excluding hydrogens is 503 g/mol. The molecule has 3 heterocycles. The number of nitrogens with one attached hydrogen (secondary N) is 1. The minimum Gasteiger partial charge on any atom is -0.494 e.